The van der Waals surface area contributed by atoms with Crippen LogP contribution in [-0.4, -0.2) is 46.0 Å². The van der Waals surface area contributed by atoms with Gasteiger partial charge in [0.1, 0.15) is 16.5 Å². The van der Waals surface area contributed by atoms with Gasteiger partial charge >= 0.3 is 0 Å². The number of nitrogens with zero attached hydrogens (tertiary/aromatic N) is 5. The molecular weight excluding hydrogens is 318 g/mol. The van der Waals surface area contributed by atoms with Crippen LogP contribution in [0.1, 0.15) is 17.9 Å². The minimum atomic E-state index is 0.856. The molecule has 0 amide bonds. The van der Waals surface area contributed by atoms with E-state index in [2.05, 4.69) is 43.3 Å². The monoisotopic (exact) mass is 339 g/mol. The SMILES string of the molecule is Cc1nc(N2CCCN(Cc3ccccn3)CC2)c2ccsc2n1. The average molecular weight is 339 g/mol. The highest BCUT2D eigenvalue weighted by atomic mass is 32.1. The van der Waals surface area contributed by atoms with Crippen molar-refractivity contribution in [2.24, 2.45) is 0 Å². The molecule has 3 aromatic heterocycles. The summed E-state index contributed by atoms with van der Waals surface area (Å²) in [4.78, 5) is 19.7. The second kappa shape index (κ2) is 6.83. The molecule has 6 heteroatoms. The number of hydrogen-bond donors (Lipinski definition) is 0. The van der Waals surface area contributed by atoms with Crippen molar-refractivity contribution in [3.8, 4) is 0 Å². The van der Waals surface area contributed by atoms with Gasteiger partial charge in [0.05, 0.1) is 11.1 Å². The van der Waals surface area contributed by atoms with Gasteiger partial charge in [0.2, 0.25) is 0 Å². The third-order valence-electron chi connectivity index (χ3n) is 4.42. The first kappa shape index (κ1) is 15.5. The molecule has 1 aliphatic heterocycles. The second-order valence-electron chi connectivity index (χ2n) is 6.17. The fourth-order valence-corrected chi connectivity index (χ4v) is 4.05. The highest BCUT2D eigenvalue weighted by Crippen LogP contribution is 2.28. The number of fused-ring (bicyclic) bond motifs is 1. The number of aromatic nitrogens is 3. The largest absolute Gasteiger partial charge is 0.355 e. The summed E-state index contributed by atoms with van der Waals surface area (Å²) in [7, 11) is 0. The zero-order valence-electron chi connectivity index (χ0n) is 13.9. The van der Waals surface area contributed by atoms with Crippen molar-refractivity contribution in [3.05, 3.63) is 47.4 Å². The van der Waals surface area contributed by atoms with E-state index in [4.69, 9.17) is 4.98 Å². The Labute approximate surface area is 146 Å². The molecule has 0 bridgehead atoms. The third kappa shape index (κ3) is 3.25. The molecular formula is C18H21N5S. The van der Waals surface area contributed by atoms with Crippen LogP contribution in [0.5, 0.6) is 0 Å². The Morgan fingerprint density at radius 2 is 2.04 bits per heavy atom. The van der Waals surface area contributed by atoms with Crippen molar-refractivity contribution in [2.45, 2.75) is 19.9 Å². The maximum Gasteiger partial charge on any atom is 0.141 e. The van der Waals surface area contributed by atoms with Gasteiger partial charge in [-0.15, -0.1) is 11.3 Å². The van der Waals surface area contributed by atoms with Gasteiger partial charge in [-0.25, -0.2) is 9.97 Å². The van der Waals surface area contributed by atoms with Gasteiger partial charge in [-0.2, -0.15) is 0 Å². The number of thiophene rings is 1. The predicted octanol–water partition coefficient (Wildman–Crippen LogP) is 3.11. The van der Waals surface area contributed by atoms with Crippen molar-refractivity contribution in [1.82, 2.24) is 19.9 Å². The molecule has 3 aromatic rings. The lowest BCUT2D eigenvalue weighted by Gasteiger charge is -2.23. The van der Waals surface area contributed by atoms with E-state index in [0.717, 1.165) is 61.3 Å². The molecule has 0 spiro atoms. The topological polar surface area (TPSA) is 45.2 Å². The Kier molecular flexibility index (Phi) is 4.40. The molecule has 4 heterocycles. The molecule has 5 nitrogen and oxygen atoms in total. The second-order valence-corrected chi connectivity index (χ2v) is 7.07. The first-order valence-electron chi connectivity index (χ1n) is 8.39. The van der Waals surface area contributed by atoms with Crippen molar-refractivity contribution in [1.29, 1.82) is 0 Å². The van der Waals surface area contributed by atoms with E-state index >= 15 is 0 Å². The van der Waals surface area contributed by atoms with Gasteiger partial charge in [-0.05, 0) is 36.9 Å². The van der Waals surface area contributed by atoms with E-state index in [9.17, 15) is 0 Å². The van der Waals surface area contributed by atoms with Crippen molar-refractivity contribution >= 4 is 27.4 Å². The third-order valence-corrected chi connectivity index (χ3v) is 5.22. The summed E-state index contributed by atoms with van der Waals surface area (Å²) >= 11 is 1.69. The maximum absolute atomic E-state index is 4.74. The quantitative estimate of drug-likeness (QED) is 0.734. The van der Waals surface area contributed by atoms with Gasteiger partial charge < -0.3 is 4.90 Å². The molecule has 0 aromatic carbocycles. The van der Waals surface area contributed by atoms with Crippen molar-refractivity contribution < 1.29 is 0 Å². The fraction of sp³-hybridized carbons (Fsp3) is 0.389. The summed E-state index contributed by atoms with van der Waals surface area (Å²) in [5.41, 5.74) is 1.14. The minimum Gasteiger partial charge on any atom is -0.355 e. The molecule has 0 atom stereocenters. The van der Waals surface area contributed by atoms with Crippen LogP contribution < -0.4 is 4.90 Å². The lowest BCUT2D eigenvalue weighted by molar-refractivity contribution is 0.282. The smallest absolute Gasteiger partial charge is 0.141 e. The zero-order valence-corrected chi connectivity index (χ0v) is 14.7. The van der Waals surface area contributed by atoms with E-state index in [-0.39, 0.29) is 0 Å². The average Bonchev–Trinajstić information content (AvgIpc) is 2.94. The van der Waals surface area contributed by atoms with Crippen molar-refractivity contribution in [3.63, 3.8) is 0 Å². The molecule has 0 aliphatic carbocycles. The van der Waals surface area contributed by atoms with Gasteiger partial charge in [-0.1, -0.05) is 6.07 Å². The van der Waals surface area contributed by atoms with E-state index in [1.54, 1.807) is 11.3 Å². The molecule has 1 saturated heterocycles. The first-order valence-corrected chi connectivity index (χ1v) is 9.26. The molecule has 1 fully saturated rings. The highest BCUT2D eigenvalue weighted by molar-refractivity contribution is 7.16. The van der Waals surface area contributed by atoms with Crippen LogP contribution in [0.15, 0.2) is 35.8 Å². The van der Waals surface area contributed by atoms with Gasteiger partial charge in [-0.3, -0.25) is 9.88 Å². The summed E-state index contributed by atoms with van der Waals surface area (Å²) in [6.07, 6.45) is 3.01. The summed E-state index contributed by atoms with van der Waals surface area (Å²) in [5, 5.41) is 3.29. The molecule has 4 rings (SSSR count). The van der Waals surface area contributed by atoms with Gasteiger partial charge in [0, 0.05) is 38.9 Å². The zero-order chi connectivity index (χ0) is 16.4. The van der Waals surface area contributed by atoms with Gasteiger partial charge in [0.25, 0.3) is 0 Å². The standard InChI is InChI=1S/C18H21N5S/c1-14-20-17(16-6-12-24-18(16)21-14)23-9-4-8-22(10-11-23)13-15-5-2-3-7-19-15/h2-3,5-7,12H,4,8-11,13H2,1H3. The van der Waals surface area contributed by atoms with Crippen LogP contribution in [0, 0.1) is 6.92 Å². The Balaban J connectivity index is 1.51. The Hall–Kier alpha value is -2.05. The Morgan fingerprint density at radius 3 is 2.92 bits per heavy atom. The summed E-state index contributed by atoms with van der Waals surface area (Å²) in [5.74, 6) is 1.95. The summed E-state index contributed by atoms with van der Waals surface area (Å²) in [6.45, 7) is 7.07. The number of hydrogen-bond acceptors (Lipinski definition) is 6. The van der Waals surface area contributed by atoms with Crippen LogP contribution in [0.3, 0.4) is 0 Å². The fourth-order valence-electron chi connectivity index (χ4n) is 3.25. The molecule has 0 radical (unpaired) electrons. The van der Waals surface area contributed by atoms with Crippen LogP contribution in [0.2, 0.25) is 0 Å². The number of aryl methyl sites for hydroxylation is 1. The summed E-state index contributed by atoms with van der Waals surface area (Å²) < 4.78 is 0. The molecule has 124 valence electrons. The number of rotatable bonds is 3. The lowest BCUT2D eigenvalue weighted by Crippen LogP contribution is -2.31. The first-order chi connectivity index (χ1) is 11.8. The Bertz CT molecular complexity index is 817. The van der Waals surface area contributed by atoms with E-state index in [1.807, 2.05) is 19.2 Å². The van der Waals surface area contributed by atoms with Gasteiger partial charge in [0.15, 0.2) is 0 Å². The normalized spacial score (nSPS) is 16.5. The van der Waals surface area contributed by atoms with E-state index in [1.165, 1.54) is 5.39 Å². The number of pyridine rings is 1. The highest BCUT2D eigenvalue weighted by Gasteiger charge is 2.19. The van der Waals surface area contributed by atoms with Crippen LogP contribution in [0.4, 0.5) is 5.82 Å². The molecule has 0 unspecified atom stereocenters. The van der Waals surface area contributed by atoms with Crippen LogP contribution in [0.25, 0.3) is 10.2 Å². The van der Waals surface area contributed by atoms with Crippen molar-refractivity contribution in [2.75, 3.05) is 31.1 Å². The van der Waals surface area contributed by atoms with Crippen LogP contribution in [-0.2, 0) is 6.54 Å². The molecule has 0 N–H and O–H groups in total. The molecule has 24 heavy (non-hydrogen) atoms. The molecule has 1 aliphatic rings. The molecule has 0 saturated carbocycles. The maximum atomic E-state index is 4.74. The minimum absolute atomic E-state index is 0.856. The number of anilines is 1. The van der Waals surface area contributed by atoms with E-state index < -0.39 is 0 Å². The summed E-state index contributed by atoms with van der Waals surface area (Å²) in [6, 6.07) is 8.28. The Morgan fingerprint density at radius 1 is 1.08 bits per heavy atom. The van der Waals surface area contributed by atoms with E-state index in [0.29, 0.717) is 0 Å². The van der Waals surface area contributed by atoms with Crippen LogP contribution >= 0.6 is 11.3 Å². The lowest BCUT2D eigenvalue weighted by atomic mass is 10.3. The predicted molar refractivity (Wildman–Crippen MR) is 98.5 cm³/mol.